The van der Waals surface area contributed by atoms with Gasteiger partial charge in [-0.15, -0.1) is 0 Å². The fraction of sp³-hybridized carbons (Fsp3) is 0. The summed E-state index contributed by atoms with van der Waals surface area (Å²) in [6, 6.07) is 9.69. The highest BCUT2D eigenvalue weighted by atomic mass is 79.9. The first-order valence-electron chi connectivity index (χ1n) is 4.52. The van der Waals surface area contributed by atoms with Gasteiger partial charge in [-0.05, 0) is 11.6 Å². The predicted octanol–water partition coefficient (Wildman–Crippen LogP) is 4.04. The van der Waals surface area contributed by atoms with E-state index in [1.807, 2.05) is 30.3 Å². The molecular formula is C12H6BrClN2. The molecule has 2 rings (SSSR count). The number of hydrogen-bond donors (Lipinski definition) is 0. The highest BCUT2D eigenvalue weighted by molar-refractivity contribution is 9.10. The van der Waals surface area contributed by atoms with Crippen molar-refractivity contribution < 1.29 is 0 Å². The molecule has 4 heteroatoms. The molecule has 1 aromatic heterocycles. The minimum atomic E-state index is 0.384. The summed E-state index contributed by atoms with van der Waals surface area (Å²) in [4.78, 5) is 4.01. The van der Waals surface area contributed by atoms with Gasteiger partial charge in [-0.25, -0.2) is 0 Å². The second-order valence-electron chi connectivity index (χ2n) is 3.14. The number of halogens is 2. The molecule has 0 atom stereocenters. The quantitative estimate of drug-likeness (QED) is 0.796. The summed E-state index contributed by atoms with van der Waals surface area (Å²) in [5.41, 5.74) is 2.07. The molecule has 0 radical (unpaired) electrons. The average Bonchev–Trinajstić information content (AvgIpc) is 2.31. The second-order valence-corrected chi connectivity index (χ2v) is 4.37. The van der Waals surface area contributed by atoms with Crippen LogP contribution in [0.25, 0.3) is 11.1 Å². The first-order chi connectivity index (χ1) is 7.74. The summed E-state index contributed by atoms with van der Waals surface area (Å²) in [5.74, 6) is 0. The Morgan fingerprint density at radius 3 is 2.62 bits per heavy atom. The molecule has 78 valence electrons. The minimum absolute atomic E-state index is 0.384. The van der Waals surface area contributed by atoms with Crippen LogP contribution in [0.1, 0.15) is 5.56 Å². The Hall–Kier alpha value is -1.37. The van der Waals surface area contributed by atoms with Crippen LogP contribution in [0.5, 0.6) is 0 Å². The molecule has 0 spiro atoms. The van der Waals surface area contributed by atoms with Crippen LogP contribution >= 0.6 is 27.5 Å². The molecule has 0 unspecified atom stereocenters. The van der Waals surface area contributed by atoms with E-state index >= 15 is 0 Å². The maximum atomic E-state index is 8.87. The first kappa shape index (κ1) is 11.1. The maximum Gasteiger partial charge on any atom is 0.102 e. The van der Waals surface area contributed by atoms with Gasteiger partial charge >= 0.3 is 0 Å². The molecule has 0 amide bonds. The summed E-state index contributed by atoms with van der Waals surface area (Å²) in [7, 11) is 0. The van der Waals surface area contributed by atoms with Gasteiger partial charge in [0.2, 0.25) is 0 Å². The maximum absolute atomic E-state index is 8.87. The van der Waals surface area contributed by atoms with Crippen molar-refractivity contribution in [3.05, 3.63) is 51.7 Å². The topological polar surface area (TPSA) is 36.7 Å². The summed E-state index contributed by atoms with van der Waals surface area (Å²) >= 11 is 9.58. The summed E-state index contributed by atoms with van der Waals surface area (Å²) in [6.45, 7) is 0. The number of aromatic nitrogens is 1. The van der Waals surface area contributed by atoms with Crippen molar-refractivity contribution in [1.82, 2.24) is 4.98 Å². The fourth-order valence-electron chi connectivity index (χ4n) is 1.39. The third kappa shape index (κ3) is 1.95. The molecule has 2 aromatic rings. The van der Waals surface area contributed by atoms with E-state index in [4.69, 9.17) is 16.9 Å². The van der Waals surface area contributed by atoms with Crippen LogP contribution in [0, 0.1) is 11.3 Å². The van der Waals surface area contributed by atoms with Gasteiger partial charge in [0.25, 0.3) is 0 Å². The molecule has 0 saturated carbocycles. The molecule has 0 saturated heterocycles. The lowest BCUT2D eigenvalue weighted by atomic mass is 10.1. The summed E-state index contributed by atoms with van der Waals surface area (Å²) < 4.78 is 0.925. The van der Waals surface area contributed by atoms with Crippen molar-refractivity contribution >= 4 is 27.5 Å². The van der Waals surface area contributed by atoms with Crippen molar-refractivity contribution in [2.75, 3.05) is 0 Å². The van der Waals surface area contributed by atoms with E-state index in [-0.39, 0.29) is 0 Å². The van der Waals surface area contributed by atoms with Crippen LogP contribution in [-0.2, 0) is 0 Å². The Balaban J connectivity index is 2.67. The van der Waals surface area contributed by atoms with Crippen molar-refractivity contribution in [3.8, 4) is 17.2 Å². The monoisotopic (exact) mass is 292 g/mol. The Morgan fingerprint density at radius 1 is 1.19 bits per heavy atom. The van der Waals surface area contributed by atoms with Gasteiger partial charge in [-0.1, -0.05) is 45.7 Å². The molecule has 0 fully saturated rings. The van der Waals surface area contributed by atoms with Crippen LogP contribution in [0.4, 0.5) is 0 Å². The van der Waals surface area contributed by atoms with Gasteiger partial charge in [-0.2, -0.15) is 5.26 Å². The van der Waals surface area contributed by atoms with Crippen LogP contribution < -0.4 is 0 Å². The van der Waals surface area contributed by atoms with E-state index in [0.29, 0.717) is 10.6 Å². The number of nitriles is 1. The zero-order valence-electron chi connectivity index (χ0n) is 8.11. The number of pyridine rings is 1. The summed E-state index contributed by atoms with van der Waals surface area (Å²) in [5, 5.41) is 9.31. The highest BCUT2D eigenvalue weighted by Gasteiger charge is 2.10. The minimum Gasteiger partial charge on any atom is -0.263 e. The van der Waals surface area contributed by atoms with Crippen LogP contribution in [0.3, 0.4) is 0 Å². The summed E-state index contributed by atoms with van der Waals surface area (Å²) in [6.07, 6.45) is 3.12. The lowest BCUT2D eigenvalue weighted by Crippen LogP contribution is -1.87. The van der Waals surface area contributed by atoms with E-state index in [0.717, 1.165) is 15.6 Å². The largest absolute Gasteiger partial charge is 0.263 e. The molecular weight excluding hydrogens is 288 g/mol. The first-order valence-corrected chi connectivity index (χ1v) is 5.69. The Labute approximate surface area is 107 Å². The smallest absolute Gasteiger partial charge is 0.102 e. The number of benzene rings is 1. The zero-order chi connectivity index (χ0) is 11.5. The van der Waals surface area contributed by atoms with E-state index in [2.05, 4.69) is 20.9 Å². The molecule has 0 aliphatic rings. The lowest BCUT2D eigenvalue weighted by molar-refractivity contribution is 1.30. The third-order valence-electron chi connectivity index (χ3n) is 2.16. The predicted molar refractivity (Wildman–Crippen MR) is 67.1 cm³/mol. The standard InChI is InChI=1S/C12H6BrClN2/c13-11-4-2-1-3-9(11)10-7-16-6-8(5-15)12(10)14/h1-4,6-7H. The Bertz CT molecular complexity index is 575. The van der Waals surface area contributed by atoms with E-state index in [1.54, 1.807) is 6.20 Å². The molecule has 0 aliphatic heterocycles. The highest BCUT2D eigenvalue weighted by Crippen LogP contribution is 2.33. The van der Waals surface area contributed by atoms with Crippen molar-refractivity contribution in [1.29, 1.82) is 5.26 Å². The van der Waals surface area contributed by atoms with Crippen LogP contribution in [0.15, 0.2) is 41.1 Å². The van der Waals surface area contributed by atoms with E-state index < -0.39 is 0 Å². The average molecular weight is 294 g/mol. The Morgan fingerprint density at radius 2 is 1.94 bits per heavy atom. The zero-order valence-corrected chi connectivity index (χ0v) is 10.5. The van der Waals surface area contributed by atoms with Gasteiger partial charge in [-0.3, -0.25) is 4.98 Å². The SMILES string of the molecule is N#Cc1cncc(-c2ccccc2Br)c1Cl. The van der Waals surface area contributed by atoms with Gasteiger partial charge in [0.05, 0.1) is 10.6 Å². The second kappa shape index (κ2) is 4.65. The van der Waals surface area contributed by atoms with Gasteiger partial charge in [0.15, 0.2) is 0 Å². The van der Waals surface area contributed by atoms with Crippen molar-refractivity contribution in [3.63, 3.8) is 0 Å². The van der Waals surface area contributed by atoms with Gasteiger partial charge in [0.1, 0.15) is 6.07 Å². The molecule has 16 heavy (non-hydrogen) atoms. The number of hydrogen-bond acceptors (Lipinski definition) is 2. The van der Waals surface area contributed by atoms with Crippen molar-refractivity contribution in [2.24, 2.45) is 0 Å². The van der Waals surface area contributed by atoms with Gasteiger partial charge in [0, 0.05) is 22.4 Å². The number of nitrogens with zero attached hydrogens (tertiary/aromatic N) is 2. The normalized spacial score (nSPS) is 9.81. The van der Waals surface area contributed by atoms with Crippen molar-refractivity contribution in [2.45, 2.75) is 0 Å². The van der Waals surface area contributed by atoms with Crippen LogP contribution in [0.2, 0.25) is 5.02 Å². The Kier molecular flexibility index (Phi) is 3.23. The van der Waals surface area contributed by atoms with E-state index in [1.165, 1.54) is 6.20 Å². The fourth-order valence-corrected chi connectivity index (χ4v) is 2.13. The third-order valence-corrected chi connectivity index (χ3v) is 3.26. The molecule has 1 heterocycles. The lowest BCUT2D eigenvalue weighted by Gasteiger charge is -2.06. The molecule has 1 aromatic carbocycles. The molecule has 2 nitrogen and oxygen atoms in total. The molecule has 0 aliphatic carbocycles. The van der Waals surface area contributed by atoms with Crippen LogP contribution in [-0.4, -0.2) is 4.98 Å². The number of rotatable bonds is 1. The molecule has 0 bridgehead atoms. The van der Waals surface area contributed by atoms with Gasteiger partial charge < -0.3 is 0 Å². The van der Waals surface area contributed by atoms with E-state index in [9.17, 15) is 0 Å². The molecule has 0 N–H and O–H groups in total.